The number of aromatic carboxylic acids is 1. The van der Waals surface area contributed by atoms with Gasteiger partial charge in [0.05, 0.1) is 5.56 Å². The first-order chi connectivity index (χ1) is 7.64. The number of carbonyl (C=O) groups is 1. The van der Waals surface area contributed by atoms with Gasteiger partial charge in [-0.3, -0.25) is 0 Å². The molecule has 0 aliphatic rings. The zero-order valence-corrected chi connectivity index (χ0v) is 7.79. The van der Waals surface area contributed by atoms with E-state index in [2.05, 4.69) is 4.98 Å². The van der Waals surface area contributed by atoms with E-state index in [1.807, 2.05) is 0 Å². The lowest BCUT2D eigenvalue weighted by atomic mass is 10.1. The lowest BCUT2D eigenvalue weighted by molar-refractivity contribution is -0.141. The zero-order chi connectivity index (χ0) is 13.4. The Bertz CT molecular complexity index is 457. The van der Waals surface area contributed by atoms with E-state index in [1.54, 1.807) is 0 Å². The van der Waals surface area contributed by atoms with Gasteiger partial charge in [-0.05, 0) is 6.07 Å². The van der Waals surface area contributed by atoms with Crippen molar-refractivity contribution in [3.8, 4) is 5.75 Å². The molecule has 0 aromatic carbocycles. The number of pyridine rings is 1. The van der Waals surface area contributed by atoms with Crippen molar-refractivity contribution in [1.29, 1.82) is 0 Å². The first-order valence-electron chi connectivity index (χ1n) is 3.97. The Morgan fingerprint density at radius 1 is 1.35 bits per heavy atom. The number of nitrogens with zero attached hydrogens (tertiary/aromatic N) is 1. The highest BCUT2D eigenvalue weighted by atomic mass is 19.4. The highest BCUT2D eigenvalue weighted by molar-refractivity contribution is 5.89. The number of rotatable bonds is 2. The van der Waals surface area contributed by atoms with Gasteiger partial charge in [0.1, 0.15) is 5.69 Å². The summed E-state index contributed by atoms with van der Waals surface area (Å²) >= 11 is 0. The quantitative estimate of drug-likeness (QED) is 0.798. The van der Waals surface area contributed by atoms with Crippen LogP contribution < -0.4 is 0 Å². The van der Waals surface area contributed by atoms with Gasteiger partial charge in [0, 0.05) is 0 Å². The van der Waals surface area contributed by atoms with E-state index >= 15 is 0 Å². The fourth-order valence-electron chi connectivity index (χ4n) is 1.02. The third-order valence-corrected chi connectivity index (χ3v) is 1.75. The van der Waals surface area contributed by atoms with Crippen LogP contribution in [0.3, 0.4) is 0 Å². The van der Waals surface area contributed by atoms with Crippen LogP contribution in [0.4, 0.5) is 22.0 Å². The van der Waals surface area contributed by atoms with E-state index in [9.17, 15) is 26.7 Å². The molecule has 0 unspecified atom stereocenters. The molecule has 0 aliphatic heterocycles. The molecule has 0 radical (unpaired) electrons. The lowest BCUT2D eigenvalue weighted by Crippen LogP contribution is -2.13. The molecule has 2 N–H and O–H groups in total. The van der Waals surface area contributed by atoms with Gasteiger partial charge >= 0.3 is 12.1 Å². The first kappa shape index (κ1) is 13.1. The van der Waals surface area contributed by atoms with Crippen molar-refractivity contribution in [3.63, 3.8) is 0 Å². The number of aromatic nitrogens is 1. The van der Waals surface area contributed by atoms with Crippen molar-refractivity contribution < 1.29 is 37.0 Å². The molecule has 0 aliphatic carbocycles. The van der Waals surface area contributed by atoms with Crippen LogP contribution in [0.2, 0.25) is 0 Å². The van der Waals surface area contributed by atoms with Crippen LogP contribution in [-0.2, 0) is 6.18 Å². The second-order valence-corrected chi connectivity index (χ2v) is 2.90. The van der Waals surface area contributed by atoms with Gasteiger partial charge in [-0.2, -0.15) is 13.2 Å². The Balaban J connectivity index is 3.53. The highest BCUT2D eigenvalue weighted by Gasteiger charge is 2.36. The molecule has 4 nitrogen and oxygen atoms in total. The van der Waals surface area contributed by atoms with Crippen LogP contribution in [0.5, 0.6) is 5.75 Å². The molecule has 17 heavy (non-hydrogen) atoms. The maximum atomic E-state index is 12.3. The average molecular weight is 257 g/mol. The number of hydrogen-bond donors (Lipinski definition) is 2. The fourth-order valence-corrected chi connectivity index (χ4v) is 1.02. The molecule has 0 amide bonds. The molecule has 1 aromatic heterocycles. The summed E-state index contributed by atoms with van der Waals surface area (Å²) in [7, 11) is 0. The van der Waals surface area contributed by atoms with E-state index in [1.165, 1.54) is 0 Å². The van der Waals surface area contributed by atoms with Crippen LogP contribution in [0, 0.1) is 0 Å². The van der Waals surface area contributed by atoms with Gasteiger partial charge in [0.15, 0.2) is 11.4 Å². The molecule has 0 saturated carbocycles. The predicted octanol–water partition coefficient (Wildman–Crippen LogP) is 2.44. The molecular weight excluding hydrogens is 253 g/mol. The van der Waals surface area contributed by atoms with Crippen molar-refractivity contribution in [1.82, 2.24) is 4.98 Å². The number of alkyl halides is 5. The normalized spacial score (nSPS) is 11.9. The number of carboxylic acids is 1. The molecule has 0 spiro atoms. The Kier molecular flexibility index (Phi) is 3.21. The zero-order valence-electron chi connectivity index (χ0n) is 7.79. The van der Waals surface area contributed by atoms with E-state index in [0.29, 0.717) is 0 Å². The molecule has 0 atom stereocenters. The Labute approximate surface area is 90.3 Å². The summed E-state index contributed by atoms with van der Waals surface area (Å²) in [5.74, 6) is -3.50. The van der Waals surface area contributed by atoms with Gasteiger partial charge in [-0.15, -0.1) is 0 Å². The maximum absolute atomic E-state index is 12.3. The minimum Gasteiger partial charge on any atom is -0.505 e. The summed E-state index contributed by atoms with van der Waals surface area (Å²) in [6.07, 6.45) is -8.53. The first-order valence-corrected chi connectivity index (χ1v) is 3.97. The average Bonchev–Trinajstić information content (AvgIpc) is 2.14. The predicted molar refractivity (Wildman–Crippen MR) is 42.8 cm³/mol. The van der Waals surface area contributed by atoms with Crippen molar-refractivity contribution in [2.24, 2.45) is 0 Å². The van der Waals surface area contributed by atoms with E-state index in [4.69, 9.17) is 10.2 Å². The van der Waals surface area contributed by atoms with E-state index in [-0.39, 0.29) is 6.07 Å². The Morgan fingerprint density at radius 2 is 1.88 bits per heavy atom. The lowest BCUT2D eigenvalue weighted by Gasteiger charge is -2.11. The third-order valence-electron chi connectivity index (χ3n) is 1.75. The van der Waals surface area contributed by atoms with Gasteiger partial charge in [0.25, 0.3) is 6.43 Å². The van der Waals surface area contributed by atoms with Gasteiger partial charge in [0.2, 0.25) is 0 Å². The van der Waals surface area contributed by atoms with Gasteiger partial charge < -0.3 is 10.2 Å². The summed E-state index contributed by atoms with van der Waals surface area (Å²) in [4.78, 5) is 13.0. The summed E-state index contributed by atoms with van der Waals surface area (Å²) in [6.45, 7) is 0. The minimum atomic E-state index is -5.08. The SMILES string of the molecule is O=C(O)c1nc(C(F)(F)F)cc(C(F)F)c1O. The van der Waals surface area contributed by atoms with Gasteiger partial charge in [-0.1, -0.05) is 0 Å². The van der Waals surface area contributed by atoms with Crippen LogP contribution >= 0.6 is 0 Å². The Morgan fingerprint density at radius 3 is 2.24 bits per heavy atom. The van der Waals surface area contributed by atoms with Crippen molar-refractivity contribution in [2.75, 3.05) is 0 Å². The smallest absolute Gasteiger partial charge is 0.433 e. The van der Waals surface area contributed by atoms with Crippen LogP contribution in [0.15, 0.2) is 6.07 Å². The summed E-state index contributed by atoms with van der Waals surface area (Å²) in [5, 5.41) is 17.5. The van der Waals surface area contributed by atoms with Crippen LogP contribution in [0.25, 0.3) is 0 Å². The monoisotopic (exact) mass is 257 g/mol. The van der Waals surface area contributed by atoms with Crippen molar-refractivity contribution in [2.45, 2.75) is 12.6 Å². The third kappa shape index (κ3) is 2.60. The number of carboxylic acid groups (broad SMARTS) is 1. The molecule has 1 aromatic rings. The largest absolute Gasteiger partial charge is 0.505 e. The standard InChI is InChI=1S/C8H4F5NO3/c9-6(10)2-1-3(8(11,12)13)14-4(5(2)15)7(16)17/h1,6,15H,(H,16,17). The van der Waals surface area contributed by atoms with Crippen LogP contribution in [-0.4, -0.2) is 21.2 Å². The summed E-state index contributed by atoms with van der Waals surface area (Å²) < 4.78 is 61.3. The highest BCUT2D eigenvalue weighted by Crippen LogP contribution is 2.36. The van der Waals surface area contributed by atoms with Crippen molar-refractivity contribution >= 4 is 5.97 Å². The molecule has 1 rings (SSSR count). The molecule has 0 bridgehead atoms. The summed E-state index contributed by atoms with van der Waals surface area (Å²) in [5.41, 5.74) is -4.69. The van der Waals surface area contributed by atoms with Crippen molar-refractivity contribution in [3.05, 3.63) is 23.0 Å². The minimum absolute atomic E-state index is 0.0908. The molecule has 94 valence electrons. The summed E-state index contributed by atoms with van der Waals surface area (Å²) in [6, 6.07) is -0.0908. The Hall–Kier alpha value is -1.93. The molecule has 0 saturated heterocycles. The number of halogens is 5. The number of aromatic hydroxyl groups is 1. The van der Waals surface area contributed by atoms with Gasteiger partial charge in [-0.25, -0.2) is 18.6 Å². The molecule has 0 fully saturated rings. The van der Waals surface area contributed by atoms with Crippen LogP contribution in [0.1, 0.15) is 28.2 Å². The molecular formula is C8H4F5NO3. The van der Waals surface area contributed by atoms with E-state index in [0.717, 1.165) is 0 Å². The number of hydrogen-bond acceptors (Lipinski definition) is 3. The second-order valence-electron chi connectivity index (χ2n) is 2.90. The maximum Gasteiger partial charge on any atom is 0.433 e. The van der Waals surface area contributed by atoms with E-state index < -0.39 is 41.3 Å². The molecule has 9 heteroatoms. The second kappa shape index (κ2) is 4.15. The fraction of sp³-hybridized carbons (Fsp3) is 0.250. The molecule has 1 heterocycles. The topological polar surface area (TPSA) is 70.4 Å².